The first-order chi connectivity index (χ1) is 19.2. The van der Waals surface area contributed by atoms with E-state index in [2.05, 4.69) is 5.32 Å². The van der Waals surface area contributed by atoms with Crippen molar-refractivity contribution in [2.24, 2.45) is 0 Å². The average Bonchev–Trinajstić information content (AvgIpc) is 2.96. The van der Waals surface area contributed by atoms with Crippen LogP contribution in [0.3, 0.4) is 0 Å². The van der Waals surface area contributed by atoms with Gasteiger partial charge in [-0.1, -0.05) is 62.7 Å². The summed E-state index contributed by atoms with van der Waals surface area (Å²) in [6.45, 7) is 3.56. The monoisotopic (exact) mass is 569 g/mol. The summed E-state index contributed by atoms with van der Waals surface area (Å²) >= 11 is 0. The Hall–Kier alpha value is -3.92. The summed E-state index contributed by atoms with van der Waals surface area (Å²) in [5.41, 5.74) is 0.428. The zero-order valence-corrected chi connectivity index (χ0v) is 23.9. The quantitative estimate of drug-likeness (QED) is 0.283. The van der Waals surface area contributed by atoms with Crippen LogP contribution in [0.1, 0.15) is 38.7 Å². The van der Waals surface area contributed by atoms with E-state index >= 15 is 0 Å². The van der Waals surface area contributed by atoms with Crippen LogP contribution in [0.15, 0.2) is 83.8 Å². The van der Waals surface area contributed by atoms with Gasteiger partial charge in [-0.25, -0.2) is 12.8 Å². The van der Waals surface area contributed by atoms with Crippen molar-refractivity contribution < 1.29 is 27.1 Å². The predicted octanol–water partition coefficient (Wildman–Crippen LogP) is 4.75. The minimum absolute atomic E-state index is 0.0201. The third-order valence-electron chi connectivity index (χ3n) is 6.43. The van der Waals surface area contributed by atoms with E-state index < -0.39 is 34.3 Å². The number of carbonyl (C=O) groups is 2. The van der Waals surface area contributed by atoms with Gasteiger partial charge >= 0.3 is 0 Å². The number of ether oxygens (including phenoxy) is 1. The lowest BCUT2D eigenvalue weighted by Crippen LogP contribution is -2.52. The fraction of sp³-hybridized carbons (Fsp3) is 0.333. The van der Waals surface area contributed by atoms with Crippen molar-refractivity contribution in [2.45, 2.75) is 50.6 Å². The number of sulfonamides is 1. The van der Waals surface area contributed by atoms with Crippen LogP contribution < -0.4 is 14.4 Å². The summed E-state index contributed by atoms with van der Waals surface area (Å²) in [6.07, 6.45) is 1.96. The molecule has 0 heterocycles. The molecule has 214 valence electrons. The standard InChI is InChI=1S/C30H36FN3O5S/c1-4-6-19-32-30(36)27(5-2)33(21-23-13-12-14-24(20-23)39-3)29(35)22-34(28-18-11-10-17-26(28)31)40(37,38)25-15-8-7-9-16-25/h7-18,20,27H,4-6,19,21-22H2,1-3H3,(H,32,36)/t27-/m1/s1. The number of nitrogens with one attached hydrogen (secondary N) is 1. The number of benzene rings is 3. The molecule has 0 radical (unpaired) electrons. The van der Waals surface area contributed by atoms with Gasteiger partial charge in [0.05, 0.1) is 17.7 Å². The number of para-hydroxylation sites is 1. The lowest BCUT2D eigenvalue weighted by Gasteiger charge is -2.33. The number of hydrogen-bond donors (Lipinski definition) is 1. The molecule has 0 saturated heterocycles. The van der Waals surface area contributed by atoms with E-state index in [1.165, 1.54) is 42.3 Å². The van der Waals surface area contributed by atoms with Gasteiger partial charge in [0, 0.05) is 13.1 Å². The maximum atomic E-state index is 15.0. The Kier molecular flexibility index (Phi) is 11.1. The average molecular weight is 570 g/mol. The lowest BCUT2D eigenvalue weighted by molar-refractivity contribution is -0.140. The summed E-state index contributed by atoms with van der Waals surface area (Å²) in [4.78, 5) is 28.5. The molecule has 1 atom stereocenters. The number of nitrogens with zero attached hydrogens (tertiary/aromatic N) is 2. The molecule has 0 saturated carbocycles. The summed E-state index contributed by atoms with van der Waals surface area (Å²) in [5, 5.41) is 2.88. The van der Waals surface area contributed by atoms with Crippen LogP contribution in [0.4, 0.5) is 10.1 Å². The van der Waals surface area contributed by atoms with E-state index in [1.807, 2.05) is 6.92 Å². The highest BCUT2D eigenvalue weighted by molar-refractivity contribution is 7.92. The highest BCUT2D eigenvalue weighted by Crippen LogP contribution is 2.27. The number of methoxy groups -OCH3 is 1. The largest absolute Gasteiger partial charge is 0.497 e. The molecule has 0 spiro atoms. The number of rotatable bonds is 14. The molecule has 0 aliphatic rings. The maximum Gasteiger partial charge on any atom is 0.264 e. The van der Waals surface area contributed by atoms with E-state index in [1.54, 1.807) is 49.4 Å². The SMILES string of the molecule is CCCCNC(=O)[C@@H](CC)N(Cc1cccc(OC)c1)C(=O)CN(c1ccccc1F)S(=O)(=O)c1ccccc1. The molecule has 0 fully saturated rings. The van der Waals surface area contributed by atoms with Crippen LogP contribution in [-0.4, -0.2) is 51.4 Å². The summed E-state index contributed by atoms with van der Waals surface area (Å²) in [6, 6.07) is 19.1. The molecule has 8 nitrogen and oxygen atoms in total. The van der Waals surface area contributed by atoms with Crippen LogP contribution in [-0.2, 0) is 26.2 Å². The first-order valence-corrected chi connectivity index (χ1v) is 14.7. The van der Waals surface area contributed by atoms with Crippen molar-refractivity contribution in [3.63, 3.8) is 0 Å². The van der Waals surface area contributed by atoms with Gasteiger partial charge in [0.25, 0.3) is 10.0 Å². The van der Waals surface area contributed by atoms with Crippen molar-refractivity contribution in [2.75, 3.05) is 24.5 Å². The van der Waals surface area contributed by atoms with Crippen LogP contribution in [0.25, 0.3) is 0 Å². The fourth-order valence-corrected chi connectivity index (χ4v) is 5.72. The smallest absolute Gasteiger partial charge is 0.264 e. The van der Waals surface area contributed by atoms with Crippen molar-refractivity contribution in [1.82, 2.24) is 10.2 Å². The maximum absolute atomic E-state index is 15.0. The van der Waals surface area contributed by atoms with Crippen molar-refractivity contribution in [1.29, 1.82) is 0 Å². The van der Waals surface area contributed by atoms with E-state index in [-0.39, 0.29) is 23.0 Å². The van der Waals surface area contributed by atoms with Gasteiger partial charge < -0.3 is 15.0 Å². The third kappa shape index (κ3) is 7.59. The van der Waals surface area contributed by atoms with E-state index in [0.717, 1.165) is 23.2 Å². The van der Waals surface area contributed by atoms with Crippen LogP contribution >= 0.6 is 0 Å². The van der Waals surface area contributed by atoms with Crippen LogP contribution in [0.5, 0.6) is 5.75 Å². The van der Waals surface area contributed by atoms with Gasteiger partial charge in [0.2, 0.25) is 11.8 Å². The van der Waals surface area contributed by atoms with E-state index in [0.29, 0.717) is 24.3 Å². The highest BCUT2D eigenvalue weighted by atomic mass is 32.2. The van der Waals surface area contributed by atoms with Crippen LogP contribution in [0, 0.1) is 5.82 Å². The zero-order valence-electron chi connectivity index (χ0n) is 23.0. The number of carbonyl (C=O) groups excluding carboxylic acids is 2. The van der Waals surface area contributed by atoms with Gasteiger partial charge in [0.1, 0.15) is 24.2 Å². The third-order valence-corrected chi connectivity index (χ3v) is 8.21. The molecule has 3 aromatic carbocycles. The number of unbranched alkanes of at least 4 members (excludes halogenated alkanes) is 1. The Morgan fingerprint density at radius 2 is 1.68 bits per heavy atom. The van der Waals surface area contributed by atoms with Gasteiger partial charge in [-0.05, 0) is 54.8 Å². The molecule has 0 aromatic heterocycles. The summed E-state index contributed by atoms with van der Waals surface area (Å²) in [7, 11) is -2.81. The molecule has 1 N–H and O–H groups in total. The van der Waals surface area contributed by atoms with Gasteiger partial charge in [0.15, 0.2) is 0 Å². The minimum atomic E-state index is -4.33. The molecule has 0 unspecified atom stereocenters. The van der Waals surface area contributed by atoms with Crippen molar-refractivity contribution in [3.8, 4) is 5.75 Å². The second-order valence-electron chi connectivity index (χ2n) is 9.22. The van der Waals surface area contributed by atoms with Crippen LogP contribution in [0.2, 0.25) is 0 Å². The lowest BCUT2D eigenvalue weighted by atomic mass is 10.1. The molecule has 2 amide bonds. The number of anilines is 1. The number of amides is 2. The molecule has 3 aromatic rings. The molecule has 0 aliphatic heterocycles. The highest BCUT2D eigenvalue weighted by Gasteiger charge is 2.34. The van der Waals surface area contributed by atoms with Crippen molar-refractivity contribution in [3.05, 3.63) is 90.2 Å². The second-order valence-corrected chi connectivity index (χ2v) is 11.1. The molecule has 0 aliphatic carbocycles. The Morgan fingerprint density at radius 3 is 2.33 bits per heavy atom. The van der Waals surface area contributed by atoms with Gasteiger partial charge in [-0.2, -0.15) is 0 Å². The van der Waals surface area contributed by atoms with Gasteiger partial charge in [-0.15, -0.1) is 0 Å². The van der Waals surface area contributed by atoms with E-state index in [9.17, 15) is 22.4 Å². The normalized spacial score (nSPS) is 11.9. The summed E-state index contributed by atoms with van der Waals surface area (Å²) in [5.74, 6) is -1.21. The zero-order chi connectivity index (χ0) is 29.1. The first kappa shape index (κ1) is 30.6. The Labute approximate surface area is 235 Å². The number of hydrogen-bond acceptors (Lipinski definition) is 5. The molecule has 40 heavy (non-hydrogen) atoms. The fourth-order valence-electron chi connectivity index (χ4n) is 4.28. The molecular weight excluding hydrogens is 533 g/mol. The van der Waals surface area contributed by atoms with E-state index in [4.69, 9.17) is 4.74 Å². The molecular formula is C30H36FN3O5S. The minimum Gasteiger partial charge on any atom is -0.497 e. The topological polar surface area (TPSA) is 96.0 Å². The number of halogens is 1. The van der Waals surface area contributed by atoms with Crippen molar-refractivity contribution >= 4 is 27.5 Å². The second kappa shape index (κ2) is 14.5. The predicted molar refractivity (Wildman–Crippen MR) is 153 cm³/mol. The van der Waals surface area contributed by atoms with Gasteiger partial charge in [-0.3, -0.25) is 13.9 Å². The Balaban J connectivity index is 2.04. The first-order valence-electron chi connectivity index (χ1n) is 13.2. The summed E-state index contributed by atoms with van der Waals surface area (Å²) < 4.78 is 48.5. The Morgan fingerprint density at radius 1 is 0.975 bits per heavy atom. The molecule has 10 heteroatoms. The molecule has 0 bridgehead atoms. The molecule has 3 rings (SSSR count). The Bertz CT molecular complexity index is 1380.